The smallest absolute Gasteiger partial charge is 0.255 e. The van der Waals surface area contributed by atoms with E-state index in [2.05, 4.69) is 4.74 Å². The van der Waals surface area contributed by atoms with E-state index in [0.29, 0.717) is 6.54 Å². The van der Waals surface area contributed by atoms with Crippen molar-refractivity contribution < 1.29 is 14.3 Å². The van der Waals surface area contributed by atoms with Gasteiger partial charge in [0.1, 0.15) is 13.2 Å². The van der Waals surface area contributed by atoms with Crippen LogP contribution < -0.4 is 0 Å². The third kappa shape index (κ3) is 2.62. The number of rotatable bonds is 1. The summed E-state index contributed by atoms with van der Waals surface area (Å²) in [6.45, 7) is 6.29. The topological polar surface area (TPSA) is 46.6 Å². The number of hydrogen-bond donors (Lipinski definition) is 0. The van der Waals surface area contributed by atoms with Crippen LogP contribution in [0.3, 0.4) is 0 Å². The number of ether oxygens (including phenoxy) is 1. The second-order valence-electron chi connectivity index (χ2n) is 2.02. The maximum absolute atomic E-state index is 10.8. The zero-order valence-electron chi connectivity index (χ0n) is 7.79. The Bertz CT molecular complexity index is 152. The second-order valence-corrected chi connectivity index (χ2v) is 2.02. The van der Waals surface area contributed by atoms with Gasteiger partial charge in [-0.25, -0.2) is 0 Å². The zero-order valence-corrected chi connectivity index (χ0v) is 7.79. The molecule has 0 saturated carbocycles. The fraction of sp³-hybridized carbons (Fsp3) is 0.750. The maximum Gasteiger partial charge on any atom is 0.255 e. The molecule has 2 amide bonds. The van der Waals surface area contributed by atoms with Gasteiger partial charge in [-0.05, 0) is 6.92 Å². The second kappa shape index (κ2) is 5.71. The minimum atomic E-state index is -0.237. The van der Waals surface area contributed by atoms with Gasteiger partial charge >= 0.3 is 0 Å². The lowest BCUT2D eigenvalue weighted by molar-refractivity contribution is -0.158. The summed E-state index contributed by atoms with van der Waals surface area (Å²) in [6.07, 6.45) is 0. The van der Waals surface area contributed by atoms with Crippen molar-refractivity contribution in [2.45, 2.75) is 20.8 Å². The predicted molar refractivity (Wildman–Crippen MR) is 44.6 cm³/mol. The fourth-order valence-corrected chi connectivity index (χ4v) is 0.873. The molecule has 0 radical (unpaired) electrons. The lowest BCUT2D eigenvalue weighted by atomic mass is 10.4. The van der Waals surface area contributed by atoms with E-state index in [-0.39, 0.29) is 25.0 Å². The van der Waals surface area contributed by atoms with Crippen LogP contribution in [-0.2, 0) is 14.3 Å². The fourth-order valence-electron chi connectivity index (χ4n) is 0.873. The molecule has 0 spiro atoms. The van der Waals surface area contributed by atoms with Crippen molar-refractivity contribution in [3.8, 4) is 0 Å². The van der Waals surface area contributed by atoms with Crippen LogP contribution in [0.5, 0.6) is 0 Å². The molecule has 4 nitrogen and oxygen atoms in total. The molecular weight excluding hydrogens is 158 g/mol. The summed E-state index contributed by atoms with van der Waals surface area (Å²) in [4.78, 5) is 22.8. The summed E-state index contributed by atoms with van der Waals surface area (Å²) in [5, 5.41) is 0. The van der Waals surface area contributed by atoms with Crippen molar-refractivity contribution in [1.82, 2.24) is 4.90 Å². The summed E-state index contributed by atoms with van der Waals surface area (Å²) >= 11 is 0. The van der Waals surface area contributed by atoms with Crippen LogP contribution in [-0.4, -0.2) is 36.5 Å². The lowest BCUT2D eigenvalue weighted by Gasteiger charge is -2.22. The predicted octanol–water partition coefficient (Wildman–Crippen LogP) is 0.418. The molecule has 0 atom stereocenters. The maximum atomic E-state index is 10.8. The van der Waals surface area contributed by atoms with Crippen molar-refractivity contribution in [3.05, 3.63) is 0 Å². The summed E-state index contributed by atoms with van der Waals surface area (Å²) in [5.74, 6) is -0.475. The summed E-state index contributed by atoms with van der Waals surface area (Å²) in [7, 11) is 0. The Morgan fingerprint density at radius 2 is 1.67 bits per heavy atom. The van der Waals surface area contributed by atoms with Gasteiger partial charge in [-0.2, -0.15) is 0 Å². The minimum Gasteiger partial charge on any atom is -0.362 e. The molecule has 1 fully saturated rings. The molecule has 1 heterocycles. The average molecular weight is 173 g/mol. The number of imide groups is 1. The Morgan fingerprint density at radius 1 is 1.25 bits per heavy atom. The van der Waals surface area contributed by atoms with E-state index in [0.717, 1.165) is 0 Å². The van der Waals surface area contributed by atoms with Gasteiger partial charge in [0, 0.05) is 6.54 Å². The third-order valence-corrected chi connectivity index (χ3v) is 1.37. The quantitative estimate of drug-likeness (QED) is 0.540. The molecule has 12 heavy (non-hydrogen) atoms. The van der Waals surface area contributed by atoms with E-state index in [9.17, 15) is 9.59 Å². The van der Waals surface area contributed by atoms with Crippen molar-refractivity contribution in [2.75, 3.05) is 19.8 Å². The first kappa shape index (κ1) is 11.1. The van der Waals surface area contributed by atoms with E-state index in [1.807, 2.05) is 13.8 Å². The summed E-state index contributed by atoms with van der Waals surface area (Å²) in [6, 6.07) is 0. The number of nitrogens with zero attached hydrogens (tertiary/aromatic N) is 1. The first-order valence-corrected chi connectivity index (χ1v) is 4.16. The molecule has 0 bridgehead atoms. The van der Waals surface area contributed by atoms with Crippen LogP contribution in [0, 0.1) is 0 Å². The highest BCUT2D eigenvalue weighted by Crippen LogP contribution is 1.98. The first-order valence-electron chi connectivity index (χ1n) is 4.16. The van der Waals surface area contributed by atoms with Gasteiger partial charge in [0.05, 0.1) is 0 Å². The van der Waals surface area contributed by atoms with E-state index in [4.69, 9.17) is 0 Å². The van der Waals surface area contributed by atoms with E-state index < -0.39 is 0 Å². The number of hydrogen-bond acceptors (Lipinski definition) is 3. The monoisotopic (exact) mass is 173 g/mol. The van der Waals surface area contributed by atoms with Crippen LogP contribution in [0.4, 0.5) is 0 Å². The summed E-state index contributed by atoms with van der Waals surface area (Å²) < 4.78 is 4.69. The van der Waals surface area contributed by atoms with Crippen LogP contribution in [0.1, 0.15) is 20.8 Å². The van der Waals surface area contributed by atoms with Crippen LogP contribution in [0.15, 0.2) is 0 Å². The number of amides is 2. The molecule has 1 aliphatic rings. The zero-order chi connectivity index (χ0) is 9.56. The molecule has 0 aromatic heterocycles. The number of carbonyl (C=O) groups excluding carboxylic acids is 2. The Labute approximate surface area is 72.5 Å². The van der Waals surface area contributed by atoms with E-state index in [1.165, 1.54) is 4.90 Å². The van der Waals surface area contributed by atoms with Crippen molar-refractivity contribution in [3.63, 3.8) is 0 Å². The molecule has 70 valence electrons. The molecule has 0 aromatic rings. The van der Waals surface area contributed by atoms with Crippen LogP contribution in [0.2, 0.25) is 0 Å². The van der Waals surface area contributed by atoms with Gasteiger partial charge in [-0.3, -0.25) is 14.5 Å². The highest BCUT2D eigenvalue weighted by Gasteiger charge is 2.24. The average Bonchev–Trinajstić information content (AvgIpc) is 2.08. The molecule has 0 aliphatic carbocycles. The molecule has 4 heteroatoms. The number of morpholine rings is 1. The summed E-state index contributed by atoms with van der Waals surface area (Å²) in [5.41, 5.74) is 0. The molecule has 1 rings (SSSR count). The third-order valence-electron chi connectivity index (χ3n) is 1.37. The van der Waals surface area contributed by atoms with E-state index in [1.54, 1.807) is 6.92 Å². The van der Waals surface area contributed by atoms with Gasteiger partial charge in [0.25, 0.3) is 11.8 Å². The normalized spacial score (nSPS) is 17.1. The molecule has 1 saturated heterocycles. The van der Waals surface area contributed by atoms with Gasteiger partial charge in [-0.15, -0.1) is 0 Å². The molecule has 0 unspecified atom stereocenters. The highest BCUT2D eigenvalue weighted by molar-refractivity contribution is 5.98. The first-order chi connectivity index (χ1) is 5.75. The number of likely N-dealkylation sites (N-methyl/N-ethyl adjacent to an activating group) is 1. The van der Waals surface area contributed by atoms with Crippen molar-refractivity contribution >= 4 is 11.8 Å². The van der Waals surface area contributed by atoms with Crippen molar-refractivity contribution in [2.24, 2.45) is 0 Å². The van der Waals surface area contributed by atoms with E-state index >= 15 is 0 Å². The number of carbonyl (C=O) groups is 2. The standard InChI is InChI=1S/C6H9NO3.C2H6/c1-2-7-5(8)3-10-4-6(7)9;1-2/h2-4H2,1H3;1-2H3. The molecule has 0 aromatic carbocycles. The van der Waals surface area contributed by atoms with Crippen LogP contribution >= 0.6 is 0 Å². The van der Waals surface area contributed by atoms with Gasteiger partial charge in [0.2, 0.25) is 0 Å². The Morgan fingerprint density at radius 3 is 1.92 bits per heavy atom. The van der Waals surface area contributed by atoms with Crippen molar-refractivity contribution in [1.29, 1.82) is 0 Å². The molecular formula is C8H15NO3. The lowest BCUT2D eigenvalue weighted by Crippen LogP contribution is -2.45. The Hall–Kier alpha value is -0.900. The van der Waals surface area contributed by atoms with Gasteiger partial charge in [0.15, 0.2) is 0 Å². The minimum absolute atomic E-state index is 0.0412. The largest absolute Gasteiger partial charge is 0.362 e. The Kier molecular flexibility index (Phi) is 5.28. The molecule has 1 aliphatic heterocycles. The Balaban J connectivity index is 0.000000561. The van der Waals surface area contributed by atoms with Crippen LogP contribution in [0.25, 0.3) is 0 Å². The van der Waals surface area contributed by atoms with Gasteiger partial charge in [-0.1, -0.05) is 13.8 Å². The SMILES string of the molecule is CC.CCN1C(=O)COCC1=O. The molecule has 0 N–H and O–H groups in total. The highest BCUT2D eigenvalue weighted by atomic mass is 16.5. The van der Waals surface area contributed by atoms with Gasteiger partial charge < -0.3 is 4.74 Å².